The summed E-state index contributed by atoms with van der Waals surface area (Å²) in [6, 6.07) is 17.3. The van der Waals surface area contributed by atoms with Gasteiger partial charge in [-0.05, 0) is 17.7 Å². The van der Waals surface area contributed by atoms with E-state index in [4.69, 9.17) is 4.74 Å². The third kappa shape index (κ3) is 4.29. The maximum Gasteiger partial charge on any atom is 0.262 e. The van der Waals surface area contributed by atoms with Crippen LogP contribution in [0.2, 0.25) is 0 Å². The highest BCUT2D eigenvalue weighted by Gasteiger charge is 2.36. The number of carbonyl (C=O) groups is 3. The number of hydrogen-bond acceptors (Lipinski definition) is 5. The molecule has 0 radical (unpaired) electrons. The van der Waals surface area contributed by atoms with Crippen molar-refractivity contribution in [1.29, 1.82) is 0 Å². The van der Waals surface area contributed by atoms with Crippen molar-refractivity contribution in [1.82, 2.24) is 14.8 Å². The van der Waals surface area contributed by atoms with Crippen LogP contribution in [-0.2, 0) is 25.0 Å². The lowest BCUT2D eigenvalue weighted by Gasteiger charge is -2.15. The maximum absolute atomic E-state index is 12.4. The van der Waals surface area contributed by atoms with Gasteiger partial charge in [-0.25, -0.2) is 0 Å². The van der Waals surface area contributed by atoms with Crippen molar-refractivity contribution in [3.05, 3.63) is 99.5 Å². The smallest absolute Gasteiger partial charge is 0.262 e. The Kier molecular flexibility index (Phi) is 5.85. The van der Waals surface area contributed by atoms with Gasteiger partial charge in [0.05, 0.1) is 23.9 Å². The number of imide groups is 1. The molecule has 0 unspecified atom stereocenters. The largest absolute Gasteiger partial charge is 0.483 e. The SMILES string of the molecule is Cn1cc(OCc2ccccc2)c(=O)cc1CNC(=O)CN1C(=O)c2ccccc2C1=O. The monoisotopic (exact) mass is 431 g/mol. The average molecular weight is 431 g/mol. The lowest BCUT2D eigenvalue weighted by molar-refractivity contribution is -0.121. The number of aromatic nitrogens is 1. The lowest BCUT2D eigenvalue weighted by atomic mass is 10.1. The molecule has 0 bridgehead atoms. The predicted molar refractivity (Wildman–Crippen MR) is 116 cm³/mol. The van der Waals surface area contributed by atoms with Crippen LogP contribution >= 0.6 is 0 Å². The molecule has 0 saturated heterocycles. The van der Waals surface area contributed by atoms with Crippen LogP contribution in [-0.4, -0.2) is 33.7 Å². The average Bonchev–Trinajstić information content (AvgIpc) is 3.04. The molecule has 8 nitrogen and oxygen atoms in total. The fourth-order valence-corrected chi connectivity index (χ4v) is 3.44. The van der Waals surface area contributed by atoms with E-state index in [-0.39, 0.29) is 24.3 Å². The molecule has 3 aromatic rings. The zero-order valence-corrected chi connectivity index (χ0v) is 17.4. The minimum absolute atomic E-state index is 0.0622. The van der Waals surface area contributed by atoms with Crippen molar-refractivity contribution in [2.75, 3.05) is 6.54 Å². The molecular weight excluding hydrogens is 410 g/mol. The van der Waals surface area contributed by atoms with Crippen molar-refractivity contribution in [2.45, 2.75) is 13.2 Å². The molecule has 0 spiro atoms. The number of aryl methyl sites for hydroxylation is 1. The first kappa shape index (κ1) is 21.0. The minimum Gasteiger partial charge on any atom is -0.483 e. The van der Waals surface area contributed by atoms with Crippen molar-refractivity contribution in [2.24, 2.45) is 7.05 Å². The van der Waals surface area contributed by atoms with Crippen molar-refractivity contribution in [3.63, 3.8) is 0 Å². The summed E-state index contributed by atoms with van der Waals surface area (Å²) in [5.74, 6) is -1.28. The second-order valence-electron chi connectivity index (χ2n) is 7.40. The van der Waals surface area contributed by atoms with E-state index in [0.29, 0.717) is 16.8 Å². The van der Waals surface area contributed by atoms with E-state index in [1.165, 1.54) is 6.07 Å². The van der Waals surface area contributed by atoms with Gasteiger partial charge >= 0.3 is 0 Å². The topological polar surface area (TPSA) is 97.7 Å². The van der Waals surface area contributed by atoms with Crippen LogP contribution in [0, 0.1) is 0 Å². The molecule has 32 heavy (non-hydrogen) atoms. The molecule has 8 heteroatoms. The Morgan fingerprint density at radius 2 is 1.56 bits per heavy atom. The summed E-state index contributed by atoms with van der Waals surface area (Å²) in [4.78, 5) is 50.4. The van der Waals surface area contributed by atoms with Gasteiger partial charge in [0.25, 0.3) is 11.8 Å². The number of nitrogens with one attached hydrogen (secondary N) is 1. The highest BCUT2D eigenvalue weighted by molar-refractivity contribution is 6.22. The van der Waals surface area contributed by atoms with E-state index in [9.17, 15) is 19.2 Å². The zero-order chi connectivity index (χ0) is 22.7. The summed E-state index contributed by atoms with van der Waals surface area (Å²) in [6.07, 6.45) is 1.57. The summed E-state index contributed by atoms with van der Waals surface area (Å²) < 4.78 is 7.31. The van der Waals surface area contributed by atoms with E-state index in [1.807, 2.05) is 30.3 Å². The number of carbonyl (C=O) groups excluding carboxylic acids is 3. The zero-order valence-electron chi connectivity index (χ0n) is 17.4. The first-order chi connectivity index (χ1) is 15.4. The number of pyridine rings is 1. The Morgan fingerprint density at radius 3 is 2.22 bits per heavy atom. The summed E-state index contributed by atoms with van der Waals surface area (Å²) in [6.45, 7) is -0.0578. The van der Waals surface area contributed by atoms with Gasteiger partial charge in [0.2, 0.25) is 11.3 Å². The molecule has 0 saturated carbocycles. The fraction of sp³-hybridized carbons (Fsp3) is 0.167. The molecule has 0 fully saturated rings. The fourth-order valence-electron chi connectivity index (χ4n) is 3.44. The van der Waals surface area contributed by atoms with Crippen molar-refractivity contribution < 1.29 is 19.1 Å². The Morgan fingerprint density at radius 1 is 0.938 bits per heavy atom. The van der Waals surface area contributed by atoms with Crippen LogP contribution in [0.1, 0.15) is 32.0 Å². The predicted octanol–water partition coefficient (Wildman–Crippen LogP) is 1.88. The van der Waals surface area contributed by atoms with Crippen LogP contribution < -0.4 is 15.5 Å². The Bertz CT molecular complexity index is 1210. The number of ether oxygens (including phenoxy) is 1. The van der Waals surface area contributed by atoms with Gasteiger partial charge in [-0.3, -0.25) is 24.1 Å². The third-order valence-electron chi connectivity index (χ3n) is 5.19. The molecule has 3 amide bonds. The molecule has 1 aliphatic rings. The van der Waals surface area contributed by atoms with Crippen molar-refractivity contribution >= 4 is 17.7 Å². The van der Waals surface area contributed by atoms with Gasteiger partial charge in [-0.1, -0.05) is 42.5 Å². The van der Waals surface area contributed by atoms with E-state index < -0.39 is 24.3 Å². The summed E-state index contributed by atoms with van der Waals surface area (Å²) in [7, 11) is 1.74. The molecule has 0 atom stereocenters. The number of amides is 3. The molecule has 1 aromatic heterocycles. The molecule has 162 valence electrons. The van der Waals surface area contributed by atoms with Gasteiger partial charge < -0.3 is 14.6 Å². The minimum atomic E-state index is -0.503. The van der Waals surface area contributed by atoms with Gasteiger partial charge in [0, 0.05) is 18.8 Å². The van der Waals surface area contributed by atoms with Crippen LogP contribution in [0.15, 0.2) is 71.7 Å². The highest BCUT2D eigenvalue weighted by atomic mass is 16.5. The van der Waals surface area contributed by atoms with Gasteiger partial charge in [-0.2, -0.15) is 0 Å². The Labute approximate surface area is 184 Å². The van der Waals surface area contributed by atoms with Gasteiger partial charge in [0.15, 0.2) is 5.75 Å². The third-order valence-corrected chi connectivity index (χ3v) is 5.19. The quantitative estimate of drug-likeness (QED) is 0.576. The molecule has 4 rings (SSSR count). The molecule has 2 heterocycles. The standard InChI is InChI=1S/C24H21N3O5/c1-26-13-21(32-15-16-7-3-2-4-8-16)20(28)11-17(26)12-25-22(29)14-27-23(30)18-9-5-6-10-19(18)24(27)31/h2-11,13H,12,14-15H2,1H3,(H,25,29). The number of rotatable bonds is 7. The van der Waals surface area contributed by atoms with Gasteiger partial charge in [-0.15, -0.1) is 0 Å². The normalized spacial score (nSPS) is 12.6. The second kappa shape index (κ2) is 8.89. The van der Waals surface area contributed by atoms with E-state index in [1.54, 1.807) is 42.1 Å². The molecule has 2 aromatic carbocycles. The first-order valence-electron chi connectivity index (χ1n) is 10.0. The molecule has 1 N–H and O–H groups in total. The lowest BCUT2D eigenvalue weighted by Crippen LogP contribution is -2.40. The number of benzene rings is 2. The van der Waals surface area contributed by atoms with Crippen LogP contribution in [0.5, 0.6) is 5.75 Å². The second-order valence-corrected chi connectivity index (χ2v) is 7.40. The highest BCUT2D eigenvalue weighted by Crippen LogP contribution is 2.21. The number of hydrogen-bond donors (Lipinski definition) is 1. The molecule has 0 aliphatic carbocycles. The summed E-state index contributed by atoms with van der Waals surface area (Å²) in [5.41, 5.74) is 1.78. The number of fused-ring (bicyclic) bond motifs is 1. The Balaban J connectivity index is 1.36. The first-order valence-corrected chi connectivity index (χ1v) is 10.0. The number of nitrogens with zero attached hydrogens (tertiary/aromatic N) is 2. The van der Waals surface area contributed by atoms with Crippen molar-refractivity contribution in [3.8, 4) is 5.75 Å². The van der Waals surface area contributed by atoms with Crippen LogP contribution in [0.4, 0.5) is 0 Å². The van der Waals surface area contributed by atoms with E-state index in [2.05, 4.69) is 5.32 Å². The van der Waals surface area contributed by atoms with Crippen LogP contribution in [0.25, 0.3) is 0 Å². The van der Waals surface area contributed by atoms with E-state index in [0.717, 1.165) is 10.5 Å². The summed E-state index contributed by atoms with van der Waals surface area (Å²) in [5, 5.41) is 2.65. The Hall–Kier alpha value is -4.20. The summed E-state index contributed by atoms with van der Waals surface area (Å²) >= 11 is 0. The maximum atomic E-state index is 12.4. The van der Waals surface area contributed by atoms with E-state index >= 15 is 0 Å². The molecule has 1 aliphatic heterocycles. The van der Waals surface area contributed by atoms with Crippen LogP contribution in [0.3, 0.4) is 0 Å². The van der Waals surface area contributed by atoms with Gasteiger partial charge in [0.1, 0.15) is 13.2 Å². The molecular formula is C24H21N3O5.